The van der Waals surface area contributed by atoms with Gasteiger partial charge in [-0.3, -0.25) is 9.59 Å². The number of furan rings is 1. The van der Waals surface area contributed by atoms with Crippen molar-refractivity contribution in [3.63, 3.8) is 0 Å². The normalized spacial score (nSPS) is 14.2. The molecule has 0 bridgehead atoms. The van der Waals surface area contributed by atoms with Crippen molar-refractivity contribution in [1.82, 2.24) is 20.0 Å². The molecule has 3 heterocycles. The zero-order valence-corrected chi connectivity index (χ0v) is 18.4. The van der Waals surface area contributed by atoms with Gasteiger partial charge in [0.05, 0.1) is 17.5 Å². The van der Waals surface area contributed by atoms with Crippen molar-refractivity contribution in [2.45, 2.75) is 18.9 Å². The molecule has 1 aliphatic heterocycles. The van der Waals surface area contributed by atoms with Gasteiger partial charge in [-0.15, -0.1) is 0 Å². The van der Waals surface area contributed by atoms with Crippen LogP contribution in [0.25, 0.3) is 17.1 Å². The summed E-state index contributed by atoms with van der Waals surface area (Å²) < 4.78 is 21.1. The summed E-state index contributed by atoms with van der Waals surface area (Å²) >= 11 is 0. The Hall–Kier alpha value is -4.20. The van der Waals surface area contributed by atoms with E-state index in [-0.39, 0.29) is 23.4 Å². The number of aromatic nitrogens is 2. The molecule has 0 spiro atoms. The molecule has 0 aliphatic carbocycles. The summed E-state index contributed by atoms with van der Waals surface area (Å²) in [5.74, 6) is -0.533. The highest BCUT2D eigenvalue weighted by molar-refractivity contribution is 5.95. The summed E-state index contributed by atoms with van der Waals surface area (Å²) in [5, 5.41) is 7.66. The highest BCUT2D eigenvalue weighted by Gasteiger charge is 2.27. The van der Waals surface area contributed by atoms with Crippen LogP contribution in [0.5, 0.6) is 0 Å². The van der Waals surface area contributed by atoms with Gasteiger partial charge in [-0.25, -0.2) is 9.07 Å². The fraction of sp³-hybridized carbons (Fsp3) is 0.192. The van der Waals surface area contributed by atoms with Gasteiger partial charge in [0.25, 0.3) is 11.8 Å². The average molecular weight is 458 g/mol. The Kier molecular flexibility index (Phi) is 5.95. The Bertz CT molecular complexity index is 1290. The van der Waals surface area contributed by atoms with Gasteiger partial charge in [0.1, 0.15) is 17.2 Å². The second kappa shape index (κ2) is 9.35. The molecular weight excluding hydrogens is 435 g/mol. The third-order valence-electron chi connectivity index (χ3n) is 5.94. The van der Waals surface area contributed by atoms with Crippen LogP contribution in [0.4, 0.5) is 4.39 Å². The van der Waals surface area contributed by atoms with Gasteiger partial charge >= 0.3 is 0 Å². The van der Waals surface area contributed by atoms with Crippen LogP contribution < -0.4 is 5.32 Å². The molecule has 2 aromatic carbocycles. The molecule has 0 radical (unpaired) electrons. The molecule has 2 amide bonds. The molecular formula is C26H23FN4O3. The number of amides is 2. The molecule has 0 unspecified atom stereocenters. The maximum atomic E-state index is 14.0. The monoisotopic (exact) mass is 458 g/mol. The number of piperidine rings is 1. The van der Waals surface area contributed by atoms with E-state index in [0.29, 0.717) is 43.1 Å². The van der Waals surface area contributed by atoms with Crippen molar-refractivity contribution in [1.29, 1.82) is 0 Å². The Labute approximate surface area is 195 Å². The summed E-state index contributed by atoms with van der Waals surface area (Å²) in [7, 11) is 0. The number of benzene rings is 2. The van der Waals surface area contributed by atoms with Gasteiger partial charge in [0.2, 0.25) is 0 Å². The smallest absolute Gasteiger partial charge is 0.270 e. The summed E-state index contributed by atoms with van der Waals surface area (Å²) in [4.78, 5) is 27.5. The van der Waals surface area contributed by atoms with Crippen LogP contribution in [0.2, 0.25) is 0 Å². The van der Waals surface area contributed by atoms with Crippen molar-refractivity contribution in [2.24, 2.45) is 0 Å². The molecule has 172 valence electrons. The molecule has 1 aliphatic rings. The first-order valence-corrected chi connectivity index (χ1v) is 11.1. The van der Waals surface area contributed by atoms with Gasteiger partial charge in [-0.2, -0.15) is 5.10 Å². The lowest BCUT2D eigenvalue weighted by Crippen LogP contribution is -2.47. The van der Waals surface area contributed by atoms with Crippen LogP contribution in [0, 0.1) is 5.82 Å². The molecule has 8 heteroatoms. The van der Waals surface area contributed by atoms with Crippen molar-refractivity contribution in [2.75, 3.05) is 13.1 Å². The quantitative estimate of drug-likeness (QED) is 0.483. The van der Waals surface area contributed by atoms with Crippen LogP contribution in [-0.4, -0.2) is 45.6 Å². The topological polar surface area (TPSA) is 80.4 Å². The average Bonchev–Trinajstić information content (AvgIpc) is 3.55. The Balaban J connectivity index is 1.30. The van der Waals surface area contributed by atoms with Crippen molar-refractivity contribution >= 4 is 11.8 Å². The number of likely N-dealkylation sites (tertiary alicyclic amines) is 1. The number of hydrogen-bond donors (Lipinski definition) is 1. The lowest BCUT2D eigenvalue weighted by atomic mass is 10.0. The van der Waals surface area contributed by atoms with Crippen LogP contribution in [0.3, 0.4) is 0 Å². The highest BCUT2D eigenvalue weighted by atomic mass is 19.1. The lowest BCUT2D eigenvalue weighted by Gasteiger charge is -2.32. The van der Waals surface area contributed by atoms with Gasteiger partial charge < -0.3 is 14.6 Å². The summed E-state index contributed by atoms with van der Waals surface area (Å²) in [5.41, 5.74) is 1.78. The predicted molar refractivity (Wildman–Crippen MR) is 124 cm³/mol. The SMILES string of the molecule is O=C(NC1CCN(C(=O)c2ccccc2F)CC1)c1cc(-c2ccco2)nn1-c1ccccc1. The van der Waals surface area contributed by atoms with Crippen LogP contribution in [-0.2, 0) is 0 Å². The molecule has 1 saturated heterocycles. The number of para-hydroxylation sites is 1. The van der Waals surface area contributed by atoms with E-state index in [1.165, 1.54) is 12.1 Å². The van der Waals surface area contributed by atoms with Crippen molar-refractivity contribution in [3.8, 4) is 17.1 Å². The Morgan fingerprint density at radius 2 is 1.71 bits per heavy atom. The number of halogens is 1. The molecule has 0 saturated carbocycles. The first-order chi connectivity index (χ1) is 16.6. The summed E-state index contributed by atoms with van der Waals surface area (Å²) in [6, 6.07) is 20.6. The minimum absolute atomic E-state index is 0.0715. The first-order valence-electron chi connectivity index (χ1n) is 11.1. The zero-order valence-electron chi connectivity index (χ0n) is 18.4. The molecule has 1 N–H and O–H groups in total. The van der Waals surface area contributed by atoms with Crippen molar-refractivity contribution in [3.05, 3.63) is 96.1 Å². The number of nitrogens with one attached hydrogen (secondary N) is 1. The maximum absolute atomic E-state index is 14.0. The molecule has 34 heavy (non-hydrogen) atoms. The van der Waals surface area contributed by atoms with Gasteiger partial charge in [-0.05, 0) is 49.2 Å². The minimum atomic E-state index is -0.524. The highest BCUT2D eigenvalue weighted by Crippen LogP contribution is 2.23. The fourth-order valence-corrected chi connectivity index (χ4v) is 4.14. The number of nitrogens with zero attached hydrogens (tertiary/aromatic N) is 3. The molecule has 4 aromatic rings. The summed E-state index contributed by atoms with van der Waals surface area (Å²) in [6.07, 6.45) is 2.72. The van der Waals surface area contributed by atoms with Gasteiger partial charge in [-0.1, -0.05) is 30.3 Å². The van der Waals surface area contributed by atoms with E-state index in [1.54, 1.807) is 46.2 Å². The Morgan fingerprint density at radius 3 is 2.41 bits per heavy atom. The van der Waals surface area contributed by atoms with Crippen molar-refractivity contribution < 1.29 is 18.4 Å². The zero-order chi connectivity index (χ0) is 23.5. The molecule has 1 fully saturated rings. The van der Waals surface area contributed by atoms with E-state index in [2.05, 4.69) is 10.4 Å². The maximum Gasteiger partial charge on any atom is 0.270 e. The third-order valence-corrected chi connectivity index (χ3v) is 5.94. The van der Waals surface area contributed by atoms with E-state index in [1.807, 2.05) is 30.3 Å². The fourth-order valence-electron chi connectivity index (χ4n) is 4.14. The van der Waals surface area contributed by atoms with Crippen LogP contribution >= 0.6 is 0 Å². The second-order valence-corrected chi connectivity index (χ2v) is 8.16. The third kappa shape index (κ3) is 4.34. The number of rotatable bonds is 5. The molecule has 0 atom stereocenters. The first kappa shape index (κ1) is 21.6. The number of carbonyl (C=O) groups is 2. The van der Waals surface area contributed by atoms with Crippen LogP contribution in [0.15, 0.2) is 83.5 Å². The van der Waals surface area contributed by atoms with Crippen LogP contribution in [0.1, 0.15) is 33.7 Å². The van der Waals surface area contributed by atoms with E-state index in [4.69, 9.17) is 4.42 Å². The van der Waals surface area contributed by atoms with E-state index >= 15 is 0 Å². The number of carbonyl (C=O) groups excluding carboxylic acids is 2. The number of hydrogen-bond acceptors (Lipinski definition) is 4. The largest absolute Gasteiger partial charge is 0.463 e. The van der Waals surface area contributed by atoms with Gasteiger partial charge in [0, 0.05) is 25.2 Å². The molecule has 5 rings (SSSR count). The second-order valence-electron chi connectivity index (χ2n) is 8.16. The standard InChI is InChI=1S/C26H23FN4O3/c27-21-10-5-4-9-20(21)26(33)30-14-12-18(13-15-30)28-25(32)23-17-22(24-11-6-16-34-24)29-31(23)19-7-2-1-3-8-19/h1-11,16-18H,12-15H2,(H,28,32). The Morgan fingerprint density at radius 1 is 0.971 bits per heavy atom. The minimum Gasteiger partial charge on any atom is -0.463 e. The van der Waals surface area contributed by atoms with E-state index in [0.717, 1.165) is 5.69 Å². The predicted octanol–water partition coefficient (Wildman–Crippen LogP) is 4.31. The molecule has 2 aromatic heterocycles. The molecule has 7 nitrogen and oxygen atoms in total. The van der Waals surface area contributed by atoms with Gasteiger partial charge in [0.15, 0.2) is 5.76 Å². The van der Waals surface area contributed by atoms with E-state index in [9.17, 15) is 14.0 Å². The summed E-state index contributed by atoms with van der Waals surface area (Å²) in [6.45, 7) is 0.876. The lowest BCUT2D eigenvalue weighted by molar-refractivity contribution is 0.0693. The van der Waals surface area contributed by atoms with E-state index < -0.39 is 5.82 Å².